The minimum atomic E-state index is -0.358. The average Bonchev–Trinajstić information content (AvgIpc) is 3.50. The SMILES string of the molecule is Cc1cc(NC(=O)c2ccco2)sc1C(=O)Nc1ccnn1Cc1ccc(C(C)(C)C)cc1. The lowest BCUT2D eigenvalue weighted by atomic mass is 9.87. The minimum absolute atomic E-state index is 0.0954. The Labute approximate surface area is 196 Å². The van der Waals surface area contributed by atoms with Crippen LogP contribution in [0.25, 0.3) is 0 Å². The highest BCUT2D eigenvalue weighted by atomic mass is 32.1. The third-order valence-electron chi connectivity index (χ3n) is 5.22. The highest BCUT2D eigenvalue weighted by Crippen LogP contribution is 2.28. The van der Waals surface area contributed by atoms with Crippen LogP contribution in [-0.4, -0.2) is 21.6 Å². The molecule has 0 spiro atoms. The van der Waals surface area contributed by atoms with Crippen LogP contribution in [0.1, 0.15) is 57.7 Å². The number of thiophene rings is 1. The molecule has 0 bridgehead atoms. The maximum atomic E-state index is 12.9. The summed E-state index contributed by atoms with van der Waals surface area (Å²) in [6.45, 7) is 8.93. The lowest BCUT2D eigenvalue weighted by molar-refractivity contribution is 0.0995. The number of hydrogen-bond donors (Lipinski definition) is 2. The highest BCUT2D eigenvalue weighted by Gasteiger charge is 2.18. The van der Waals surface area contributed by atoms with Gasteiger partial charge in [0, 0.05) is 6.07 Å². The Hall–Kier alpha value is -3.65. The first kappa shape index (κ1) is 22.5. The largest absolute Gasteiger partial charge is 0.459 e. The van der Waals surface area contributed by atoms with Gasteiger partial charge in [-0.1, -0.05) is 45.0 Å². The molecule has 4 rings (SSSR count). The van der Waals surface area contributed by atoms with Gasteiger partial charge in [0.05, 0.1) is 28.9 Å². The number of benzene rings is 1. The fourth-order valence-corrected chi connectivity index (χ4v) is 4.33. The zero-order valence-electron chi connectivity index (χ0n) is 19.0. The highest BCUT2D eigenvalue weighted by molar-refractivity contribution is 7.18. The summed E-state index contributed by atoms with van der Waals surface area (Å²) in [7, 11) is 0. The van der Waals surface area contributed by atoms with E-state index in [4.69, 9.17) is 4.42 Å². The van der Waals surface area contributed by atoms with Crippen LogP contribution < -0.4 is 10.6 Å². The molecule has 0 fully saturated rings. The molecule has 0 saturated carbocycles. The van der Waals surface area contributed by atoms with E-state index in [1.165, 1.54) is 23.2 Å². The smallest absolute Gasteiger partial charge is 0.291 e. The van der Waals surface area contributed by atoms with Gasteiger partial charge in [0.1, 0.15) is 5.82 Å². The first-order valence-electron chi connectivity index (χ1n) is 10.6. The second-order valence-electron chi connectivity index (χ2n) is 8.83. The van der Waals surface area contributed by atoms with E-state index in [-0.39, 0.29) is 23.0 Å². The number of aromatic nitrogens is 2. The lowest BCUT2D eigenvalue weighted by Gasteiger charge is -2.19. The number of anilines is 2. The van der Waals surface area contributed by atoms with Crippen molar-refractivity contribution in [3.8, 4) is 0 Å². The van der Waals surface area contributed by atoms with E-state index in [0.717, 1.165) is 11.1 Å². The number of carbonyl (C=O) groups excluding carboxylic acids is 2. The van der Waals surface area contributed by atoms with Gasteiger partial charge >= 0.3 is 0 Å². The number of furan rings is 1. The molecule has 7 nitrogen and oxygen atoms in total. The summed E-state index contributed by atoms with van der Waals surface area (Å²) in [5.74, 6) is 0.213. The summed E-state index contributed by atoms with van der Waals surface area (Å²) >= 11 is 1.21. The summed E-state index contributed by atoms with van der Waals surface area (Å²) in [5.41, 5.74) is 3.23. The molecule has 170 valence electrons. The number of nitrogens with zero attached hydrogens (tertiary/aromatic N) is 2. The molecule has 1 aromatic carbocycles. The zero-order valence-corrected chi connectivity index (χ0v) is 19.8. The summed E-state index contributed by atoms with van der Waals surface area (Å²) in [6, 6.07) is 15.2. The van der Waals surface area contributed by atoms with Crippen molar-refractivity contribution in [1.29, 1.82) is 0 Å². The van der Waals surface area contributed by atoms with Crippen LogP contribution >= 0.6 is 11.3 Å². The van der Waals surface area contributed by atoms with E-state index >= 15 is 0 Å². The van der Waals surface area contributed by atoms with Crippen LogP contribution in [0.4, 0.5) is 10.8 Å². The zero-order chi connectivity index (χ0) is 23.6. The van der Waals surface area contributed by atoms with Gasteiger partial charge in [-0.25, -0.2) is 4.68 Å². The molecular weight excluding hydrogens is 436 g/mol. The van der Waals surface area contributed by atoms with Gasteiger partial charge in [-0.2, -0.15) is 5.10 Å². The quantitative estimate of drug-likeness (QED) is 0.385. The van der Waals surface area contributed by atoms with Crippen molar-refractivity contribution in [1.82, 2.24) is 9.78 Å². The van der Waals surface area contributed by atoms with E-state index in [1.807, 2.05) is 6.92 Å². The molecule has 0 saturated heterocycles. The molecule has 0 aliphatic rings. The Bertz CT molecular complexity index is 1260. The predicted molar refractivity (Wildman–Crippen MR) is 130 cm³/mol. The molecule has 0 atom stereocenters. The number of carbonyl (C=O) groups is 2. The van der Waals surface area contributed by atoms with E-state index in [0.29, 0.717) is 22.2 Å². The molecule has 8 heteroatoms. The summed E-state index contributed by atoms with van der Waals surface area (Å²) in [4.78, 5) is 25.7. The fraction of sp³-hybridized carbons (Fsp3) is 0.240. The van der Waals surface area contributed by atoms with Crippen LogP contribution in [0, 0.1) is 6.92 Å². The normalized spacial score (nSPS) is 11.4. The van der Waals surface area contributed by atoms with Gasteiger partial charge < -0.3 is 15.1 Å². The van der Waals surface area contributed by atoms with E-state index < -0.39 is 0 Å². The van der Waals surface area contributed by atoms with Crippen molar-refractivity contribution in [2.45, 2.75) is 39.7 Å². The number of hydrogen-bond acceptors (Lipinski definition) is 5. The van der Waals surface area contributed by atoms with Crippen molar-refractivity contribution in [3.63, 3.8) is 0 Å². The van der Waals surface area contributed by atoms with Gasteiger partial charge in [-0.3, -0.25) is 9.59 Å². The van der Waals surface area contributed by atoms with Gasteiger partial charge in [0.25, 0.3) is 11.8 Å². The van der Waals surface area contributed by atoms with E-state index in [2.05, 4.69) is 60.8 Å². The van der Waals surface area contributed by atoms with Crippen molar-refractivity contribution in [2.24, 2.45) is 0 Å². The van der Waals surface area contributed by atoms with Gasteiger partial charge in [0.2, 0.25) is 0 Å². The molecular formula is C25H26N4O3S. The first-order chi connectivity index (χ1) is 15.7. The first-order valence-corrected chi connectivity index (χ1v) is 11.4. The fourth-order valence-electron chi connectivity index (χ4n) is 3.37. The Morgan fingerprint density at radius 1 is 1.06 bits per heavy atom. The standard InChI is InChI=1S/C25H26N4O3S/c1-16-14-21(28-23(30)19-6-5-13-32-19)33-22(16)24(31)27-20-11-12-26-29(20)15-17-7-9-18(10-8-17)25(2,3)4/h5-14H,15H2,1-4H3,(H,27,31)(H,28,30). The van der Waals surface area contributed by atoms with Gasteiger partial charge in [-0.15, -0.1) is 11.3 Å². The molecule has 2 amide bonds. The number of aryl methyl sites for hydroxylation is 1. The van der Waals surface area contributed by atoms with Gasteiger partial charge in [0.15, 0.2) is 5.76 Å². The van der Waals surface area contributed by atoms with Crippen molar-refractivity contribution >= 4 is 34.0 Å². The van der Waals surface area contributed by atoms with Crippen molar-refractivity contribution < 1.29 is 14.0 Å². The van der Waals surface area contributed by atoms with E-state index in [1.54, 1.807) is 35.1 Å². The lowest BCUT2D eigenvalue weighted by Crippen LogP contribution is -2.16. The Morgan fingerprint density at radius 3 is 2.48 bits per heavy atom. The van der Waals surface area contributed by atoms with Crippen molar-refractivity contribution in [3.05, 3.63) is 88.3 Å². The Morgan fingerprint density at radius 2 is 1.82 bits per heavy atom. The number of amides is 2. The maximum absolute atomic E-state index is 12.9. The topological polar surface area (TPSA) is 89.2 Å². The molecule has 4 aromatic rings. The molecule has 3 heterocycles. The summed E-state index contributed by atoms with van der Waals surface area (Å²) in [5, 5.41) is 10.6. The third kappa shape index (κ3) is 5.23. The van der Waals surface area contributed by atoms with Crippen LogP contribution in [0.2, 0.25) is 0 Å². The van der Waals surface area contributed by atoms with Crippen LogP contribution in [0.15, 0.2) is 65.4 Å². The maximum Gasteiger partial charge on any atom is 0.291 e. The average molecular weight is 463 g/mol. The molecule has 33 heavy (non-hydrogen) atoms. The summed E-state index contributed by atoms with van der Waals surface area (Å²) < 4.78 is 6.87. The minimum Gasteiger partial charge on any atom is -0.459 e. The number of rotatable bonds is 6. The second-order valence-corrected chi connectivity index (χ2v) is 9.88. The molecule has 0 radical (unpaired) electrons. The summed E-state index contributed by atoms with van der Waals surface area (Å²) in [6.07, 6.45) is 3.10. The monoisotopic (exact) mass is 462 g/mol. The van der Waals surface area contributed by atoms with E-state index in [9.17, 15) is 9.59 Å². The van der Waals surface area contributed by atoms with Crippen LogP contribution in [0.3, 0.4) is 0 Å². The molecule has 0 unspecified atom stereocenters. The predicted octanol–water partition coefficient (Wildman–Crippen LogP) is 5.70. The van der Waals surface area contributed by atoms with Crippen LogP contribution in [0.5, 0.6) is 0 Å². The molecule has 3 aromatic heterocycles. The Balaban J connectivity index is 1.44. The molecule has 0 aliphatic heterocycles. The number of nitrogens with one attached hydrogen (secondary N) is 2. The Kier molecular flexibility index (Phi) is 6.20. The van der Waals surface area contributed by atoms with Crippen LogP contribution in [-0.2, 0) is 12.0 Å². The van der Waals surface area contributed by atoms with Crippen molar-refractivity contribution in [2.75, 3.05) is 10.6 Å². The third-order valence-corrected chi connectivity index (χ3v) is 6.37. The van der Waals surface area contributed by atoms with Gasteiger partial charge in [-0.05, 0) is 47.2 Å². The second kappa shape index (κ2) is 9.07. The molecule has 2 N–H and O–H groups in total. The molecule has 0 aliphatic carbocycles.